The standard InChI is InChI=1S/C12H10O6/c13-7-2-1-3-8(14)12(7)18-6-4-9(15)11(17)10(16)5-6/h1-5,13-17H. The van der Waals surface area contributed by atoms with Crippen molar-refractivity contribution in [3.8, 4) is 40.2 Å². The normalized spacial score (nSPS) is 10.2. The molecule has 5 N–H and O–H groups in total. The lowest BCUT2D eigenvalue weighted by Crippen LogP contribution is -1.86. The van der Waals surface area contributed by atoms with E-state index in [0.717, 1.165) is 12.1 Å². The summed E-state index contributed by atoms with van der Waals surface area (Å²) in [7, 11) is 0. The van der Waals surface area contributed by atoms with Crippen molar-refractivity contribution in [1.82, 2.24) is 0 Å². The first-order chi connectivity index (χ1) is 8.49. The quantitative estimate of drug-likeness (QED) is 0.521. The van der Waals surface area contributed by atoms with Crippen LogP contribution >= 0.6 is 0 Å². The molecule has 0 saturated heterocycles. The molecule has 2 aromatic carbocycles. The second kappa shape index (κ2) is 4.25. The largest absolute Gasteiger partial charge is 0.504 e. The third-order valence-electron chi connectivity index (χ3n) is 2.24. The smallest absolute Gasteiger partial charge is 0.210 e. The first kappa shape index (κ1) is 11.7. The van der Waals surface area contributed by atoms with Crippen LogP contribution in [0.4, 0.5) is 0 Å². The Morgan fingerprint density at radius 3 is 1.72 bits per heavy atom. The first-order valence-corrected chi connectivity index (χ1v) is 4.92. The molecule has 0 aliphatic rings. The summed E-state index contributed by atoms with van der Waals surface area (Å²) in [6.07, 6.45) is 0. The van der Waals surface area contributed by atoms with Crippen LogP contribution in [0.2, 0.25) is 0 Å². The number of phenolic OH excluding ortho intramolecular Hbond substituents is 5. The fourth-order valence-electron chi connectivity index (χ4n) is 1.37. The molecule has 94 valence electrons. The lowest BCUT2D eigenvalue weighted by atomic mass is 10.2. The van der Waals surface area contributed by atoms with E-state index < -0.39 is 17.2 Å². The molecular weight excluding hydrogens is 240 g/mol. The van der Waals surface area contributed by atoms with Gasteiger partial charge in [0.25, 0.3) is 0 Å². The fourth-order valence-corrected chi connectivity index (χ4v) is 1.37. The maximum Gasteiger partial charge on any atom is 0.210 e. The van der Waals surface area contributed by atoms with Gasteiger partial charge in [-0.15, -0.1) is 0 Å². The van der Waals surface area contributed by atoms with Crippen LogP contribution in [-0.2, 0) is 0 Å². The van der Waals surface area contributed by atoms with Gasteiger partial charge in [0.05, 0.1) is 0 Å². The Morgan fingerprint density at radius 2 is 1.22 bits per heavy atom. The Bertz CT molecular complexity index is 550. The van der Waals surface area contributed by atoms with Crippen LogP contribution in [0.3, 0.4) is 0 Å². The second-order valence-electron chi connectivity index (χ2n) is 3.54. The molecule has 0 heterocycles. The average molecular weight is 250 g/mol. The maximum atomic E-state index is 9.49. The number of ether oxygens (including phenoxy) is 1. The molecule has 0 bridgehead atoms. The van der Waals surface area contributed by atoms with E-state index in [1.807, 2.05) is 0 Å². The molecular formula is C12H10O6. The molecule has 0 amide bonds. The van der Waals surface area contributed by atoms with E-state index in [9.17, 15) is 20.4 Å². The Morgan fingerprint density at radius 1 is 0.722 bits per heavy atom. The average Bonchev–Trinajstić information content (AvgIpc) is 2.31. The fraction of sp³-hybridized carbons (Fsp3) is 0. The molecule has 2 aromatic rings. The number of benzene rings is 2. The maximum absolute atomic E-state index is 9.49. The van der Waals surface area contributed by atoms with Gasteiger partial charge in [0.2, 0.25) is 11.5 Å². The number of hydrogen-bond donors (Lipinski definition) is 5. The van der Waals surface area contributed by atoms with Gasteiger partial charge in [-0.25, -0.2) is 0 Å². The molecule has 0 atom stereocenters. The summed E-state index contributed by atoms with van der Waals surface area (Å²) < 4.78 is 5.13. The van der Waals surface area contributed by atoms with Gasteiger partial charge < -0.3 is 30.3 Å². The molecule has 2 rings (SSSR count). The van der Waals surface area contributed by atoms with Crippen molar-refractivity contribution < 1.29 is 30.3 Å². The molecule has 0 aliphatic heterocycles. The highest BCUT2D eigenvalue weighted by molar-refractivity contribution is 5.56. The highest BCUT2D eigenvalue weighted by Gasteiger charge is 2.13. The van der Waals surface area contributed by atoms with Gasteiger partial charge in [0, 0.05) is 12.1 Å². The minimum absolute atomic E-state index is 0.0559. The summed E-state index contributed by atoms with van der Waals surface area (Å²) in [6.45, 7) is 0. The van der Waals surface area contributed by atoms with Crippen molar-refractivity contribution in [3.63, 3.8) is 0 Å². The van der Waals surface area contributed by atoms with Crippen molar-refractivity contribution >= 4 is 0 Å². The minimum atomic E-state index is -0.677. The van der Waals surface area contributed by atoms with E-state index in [1.54, 1.807) is 0 Å². The van der Waals surface area contributed by atoms with Gasteiger partial charge in [-0.05, 0) is 12.1 Å². The van der Waals surface area contributed by atoms with E-state index in [-0.39, 0.29) is 23.0 Å². The number of hydrogen-bond acceptors (Lipinski definition) is 6. The first-order valence-electron chi connectivity index (χ1n) is 4.92. The predicted molar refractivity (Wildman–Crippen MR) is 61.3 cm³/mol. The van der Waals surface area contributed by atoms with Gasteiger partial charge in [-0.1, -0.05) is 6.07 Å². The van der Waals surface area contributed by atoms with E-state index in [0.29, 0.717) is 0 Å². The SMILES string of the molecule is Oc1cc(Oc2c(O)cccc2O)cc(O)c1O. The highest BCUT2D eigenvalue weighted by Crippen LogP contribution is 2.43. The molecule has 6 nitrogen and oxygen atoms in total. The van der Waals surface area contributed by atoms with E-state index >= 15 is 0 Å². The van der Waals surface area contributed by atoms with Crippen LogP contribution in [0.25, 0.3) is 0 Å². The number of para-hydroxylation sites is 1. The number of phenols is 5. The van der Waals surface area contributed by atoms with E-state index in [2.05, 4.69) is 0 Å². The van der Waals surface area contributed by atoms with Crippen molar-refractivity contribution in [2.75, 3.05) is 0 Å². The third-order valence-corrected chi connectivity index (χ3v) is 2.24. The molecule has 0 aliphatic carbocycles. The van der Waals surface area contributed by atoms with Gasteiger partial charge >= 0.3 is 0 Å². The number of rotatable bonds is 2. The van der Waals surface area contributed by atoms with Crippen LogP contribution < -0.4 is 4.74 Å². The van der Waals surface area contributed by atoms with Crippen LogP contribution in [0.15, 0.2) is 30.3 Å². The second-order valence-corrected chi connectivity index (χ2v) is 3.54. The molecule has 0 fully saturated rings. The Balaban J connectivity index is 2.41. The Labute approximate surface area is 102 Å². The Hall–Kier alpha value is -2.76. The van der Waals surface area contributed by atoms with E-state index in [4.69, 9.17) is 9.84 Å². The van der Waals surface area contributed by atoms with Gasteiger partial charge in [-0.3, -0.25) is 0 Å². The summed E-state index contributed by atoms with van der Waals surface area (Å²) in [5.41, 5.74) is 0. The van der Waals surface area contributed by atoms with Crippen LogP contribution in [0.1, 0.15) is 0 Å². The minimum Gasteiger partial charge on any atom is -0.504 e. The summed E-state index contributed by atoms with van der Waals surface area (Å²) in [5, 5.41) is 46.7. The molecule has 0 unspecified atom stereocenters. The van der Waals surface area contributed by atoms with Crippen molar-refractivity contribution in [2.45, 2.75) is 0 Å². The zero-order valence-electron chi connectivity index (χ0n) is 9.03. The molecule has 0 saturated carbocycles. The van der Waals surface area contributed by atoms with Crippen LogP contribution in [0.5, 0.6) is 40.2 Å². The molecule has 6 heteroatoms. The van der Waals surface area contributed by atoms with Gasteiger partial charge in [-0.2, -0.15) is 0 Å². The summed E-state index contributed by atoms with van der Waals surface area (Å²) in [4.78, 5) is 0. The van der Waals surface area contributed by atoms with Gasteiger partial charge in [0.15, 0.2) is 23.0 Å². The van der Waals surface area contributed by atoms with Crippen LogP contribution in [-0.4, -0.2) is 25.5 Å². The monoisotopic (exact) mass is 250 g/mol. The van der Waals surface area contributed by atoms with Crippen LogP contribution in [0, 0.1) is 0 Å². The highest BCUT2D eigenvalue weighted by atomic mass is 16.5. The summed E-state index contributed by atoms with van der Waals surface area (Å²) in [5.74, 6) is -2.73. The lowest BCUT2D eigenvalue weighted by molar-refractivity contribution is 0.353. The Kier molecular flexibility index (Phi) is 2.77. The van der Waals surface area contributed by atoms with Crippen molar-refractivity contribution in [3.05, 3.63) is 30.3 Å². The predicted octanol–water partition coefficient (Wildman–Crippen LogP) is 2.01. The molecule has 0 radical (unpaired) electrons. The number of aromatic hydroxyl groups is 5. The summed E-state index contributed by atoms with van der Waals surface area (Å²) >= 11 is 0. The zero-order valence-corrected chi connectivity index (χ0v) is 9.03. The van der Waals surface area contributed by atoms with E-state index in [1.165, 1.54) is 18.2 Å². The van der Waals surface area contributed by atoms with Gasteiger partial charge in [0.1, 0.15) is 5.75 Å². The lowest BCUT2D eigenvalue weighted by Gasteiger charge is -2.10. The summed E-state index contributed by atoms with van der Waals surface area (Å²) in [6, 6.07) is 6.08. The zero-order chi connectivity index (χ0) is 13.3. The van der Waals surface area contributed by atoms with Crippen molar-refractivity contribution in [1.29, 1.82) is 0 Å². The molecule has 0 aromatic heterocycles. The molecule has 18 heavy (non-hydrogen) atoms. The van der Waals surface area contributed by atoms with Crippen molar-refractivity contribution in [2.24, 2.45) is 0 Å². The third kappa shape index (κ3) is 2.03. The molecule has 0 spiro atoms. The topological polar surface area (TPSA) is 110 Å².